The van der Waals surface area contributed by atoms with E-state index in [-0.39, 0.29) is 5.91 Å². The van der Waals surface area contributed by atoms with Crippen molar-refractivity contribution in [2.45, 2.75) is 63.8 Å². The summed E-state index contributed by atoms with van der Waals surface area (Å²) in [6.45, 7) is 4.50. The molecule has 0 spiro atoms. The Morgan fingerprint density at radius 2 is 1.68 bits per heavy atom. The molecule has 0 N–H and O–H groups in total. The van der Waals surface area contributed by atoms with E-state index in [0.717, 1.165) is 55.6 Å². The van der Waals surface area contributed by atoms with Crippen LogP contribution in [0.2, 0.25) is 0 Å². The van der Waals surface area contributed by atoms with E-state index in [9.17, 15) is 4.79 Å². The normalized spacial score (nSPS) is 25.6. The predicted octanol–water partition coefficient (Wildman–Crippen LogP) is 4.59. The first-order chi connectivity index (χ1) is 13.7. The number of hydrogen-bond donors (Lipinski definition) is 0. The Kier molecular flexibility index (Phi) is 6.56. The number of rotatable bonds is 7. The van der Waals surface area contributed by atoms with Gasteiger partial charge >= 0.3 is 0 Å². The predicted molar refractivity (Wildman–Crippen MR) is 113 cm³/mol. The van der Waals surface area contributed by atoms with Gasteiger partial charge in [-0.25, -0.2) is 0 Å². The van der Waals surface area contributed by atoms with Crippen molar-refractivity contribution < 1.29 is 9.53 Å². The first-order valence-corrected chi connectivity index (χ1v) is 11.4. The number of ether oxygens (including phenoxy) is 1. The summed E-state index contributed by atoms with van der Waals surface area (Å²) in [6.07, 6.45) is 11.5. The monoisotopic (exact) mass is 384 g/mol. The van der Waals surface area contributed by atoms with Crippen molar-refractivity contribution in [3.63, 3.8) is 0 Å². The standard InChI is InChI=1S/C24H36N2O2/c1-25(22-9-3-2-4-10-22)24(27)19-11-13-23(14-12-19)28-16-6-15-26-17-20-7-5-8-21(20)18-26/h11-14,20-22H,2-10,15-18H2,1H3. The second-order valence-corrected chi connectivity index (χ2v) is 9.14. The van der Waals surface area contributed by atoms with Gasteiger partial charge in [0.05, 0.1) is 6.61 Å². The highest BCUT2D eigenvalue weighted by Gasteiger charge is 2.35. The molecule has 3 aliphatic rings. The molecule has 0 radical (unpaired) electrons. The summed E-state index contributed by atoms with van der Waals surface area (Å²) in [5.74, 6) is 2.95. The Balaban J connectivity index is 1.18. The number of hydrogen-bond acceptors (Lipinski definition) is 3. The Hall–Kier alpha value is -1.55. The van der Waals surface area contributed by atoms with Gasteiger partial charge in [-0.1, -0.05) is 25.7 Å². The van der Waals surface area contributed by atoms with Crippen LogP contribution in [0.4, 0.5) is 0 Å². The lowest BCUT2D eigenvalue weighted by molar-refractivity contribution is 0.0696. The van der Waals surface area contributed by atoms with Crippen molar-refractivity contribution in [2.24, 2.45) is 11.8 Å². The Bertz CT molecular complexity index is 627. The molecule has 3 fully saturated rings. The molecule has 4 nitrogen and oxygen atoms in total. The molecule has 28 heavy (non-hydrogen) atoms. The third-order valence-electron chi connectivity index (χ3n) is 7.23. The number of carbonyl (C=O) groups excluding carboxylic acids is 1. The SMILES string of the molecule is CN(C(=O)c1ccc(OCCCN2CC3CCCC3C2)cc1)C1CCCCC1. The van der Waals surface area contributed by atoms with Gasteiger partial charge < -0.3 is 14.5 Å². The van der Waals surface area contributed by atoms with Gasteiger partial charge in [-0.3, -0.25) is 4.79 Å². The molecule has 1 heterocycles. The summed E-state index contributed by atoms with van der Waals surface area (Å²) < 4.78 is 5.92. The van der Waals surface area contributed by atoms with Crippen LogP contribution in [-0.2, 0) is 0 Å². The molecule has 1 saturated heterocycles. The van der Waals surface area contributed by atoms with Crippen LogP contribution in [0.3, 0.4) is 0 Å². The summed E-state index contributed by atoms with van der Waals surface area (Å²) in [5.41, 5.74) is 0.768. The zero-order chi connectivity index (χ0) is 19.3. The number of carbonyl (C=O) groups is 1. The number of amides is 1. The Labute approximate surface area is 170 Å². The van der Waals surface area contributed by atoms with Crippen molar-refractivity contribution in [1.82, 2.24) is 9.80 Å². The largest absolute Gasteiger partial charge is 0.494 e. The molecule has 4 rings (SSSR count). The van der Waals surface area contributed by atoms with E-state index in [1.54, 1.807) is 0 Å². The highest BCUT2D eigenvalue weighted by atomic mass is 16.5. The molecule has 1 amide bonds. The van der Waals surface area contributed by atoms with Gasteiger partial charge in [0.25, 0.3) is 5.91 Å². The molecule has 154 valence electrons. The minimum absolute atomic E-state index is 0.137. The van der Waals surface area contributed by atoms with E-state index in [1.807, 2.05) is 36.2 Å². The Morgan fingerprint density at radius 1 is 1.00 bits per heavy atom. The fraction of sp³-hybridized carbons (Fsp3) is 0.708. The number of fused-ring (bicyclic) bond motifs is 1. The van der Waals surface area contributed by atoms with Gasteiger partial charge in [-0.2, -0.15) is 0 Å². The number of likely N-dealkylation sites (tertiary alicyclic amines) is 1. The number of benzene rings is 1. The van der Waals surface area contributed by atoms with Crippen molar-refractivity contribution in [3.05, 3.63) is 29.8 Å². The third kappa shape index (κ3) is 4.71. The zero-order valence-corrected chi connectivity index (χ0v) is 17.4. The summed E-state index contributed by atoms with van der Waals surface area (Å²) >= 11 is 0. The molecular weight excluding hydrogens is 348 g/mol. The van der Waals surface area contributed by atoms with Gasteiger partial charge in [0.15, 0.2) is 0 Å². The van der Waals surface area contributed by atoms with Gasteiger partial charge in [0.1, 0.15) is 5.75 Å². The minimum Gasteiger partial charge on any atom is -0.494 e. The van der Waals surface area contributed by atoms with E-state index in [1.165, 1.54) is 51.6 Å². The minimum atomic E-state index is 0.137. The van der Waals surface area contributed by atoms with Crippen LogP contribution in [0.5, 0.6) is 5.75 Å². The average Bonchev–Trinajstić information content (AvgIpc) is 3.33. The molecule has 1 aromatic carbocycles. The van der Waals surface area contributed by atoms with E-state index in [0.29, 0.717) is 6.04 Å². The smallest absolute Gasteiger partial charge is 0.253 e. The fourth-order valence-electron chi connectivity index (χ4n) is 5.52. The maximum absolute atomic E-state index is 12.7. The van der Waals surface area contributed by atoms with Crippen molar-refractivity contribution in [1.29, 1.82) is 0 Å². The van der Waals surface area contributed by atoms with Crippen LogP contribution in [-0.4, -0.2) is 55.0 Å². The molecule has 2 unspecified atom stereocenters. The van der Waals surface area contributed by atoms with Crippen LogP contribution >= 0.6 is 0 Å². The molecule has 1 aromatic rings. The van der Waals surface area contributed by atoms with E-state index < -0.39 is 0 Å². The first-order valence-electron chi connectivity index (χ1n) is 11.4. The lowest BCUT2D eigenvalue weighted by atomic mass is 9.94. The second kappa shape index (κ2) is 9.30. The van der Waals surface area contributed by atoms with Crippen LogP contribution in [0.15, 0.2) is 24.3 Å². The van der Waals surface area contributed by atoms with Crippen molar-refractivity contribution in [2.75, 3.05) is 33.3 Å². The van der Waals surface area contributed by atoms with Crippen LogP contribution in [0.1, 0.15) is 68.1 Å². The highest BCUT2D eigenvalue weighted by Crippen LogP contribution is 2.37. The summed E-state index contributed by atoms with van der Waals surface area (Å²) in [6, 6.07) is 8.13. The van der Waals surface area contributed by atoms with Crippen molar-refractivity contribution >= 4 is 5.91 Å². The molecule has 0 aromatic heterocycles. The topological polar surface area (TPSA) is 32.8 Å². The highest BCUT2D eigenvalue weighted by molar-refractivity contribution is 5.94. The second-order valence-electron chi connectivity index (χ2n) is 9.14. The van der Waals surface area contributed by atoms with Gasteiger partial charge in [-0.15, -0.1) is 0 Å². The maximum Gasteiger partial charge on any atom is 0.253 e. The third-order valence-corrected chi connectivity index (χ3v) is 7.23. The molecular formula is C24H36N2O2. The number of nitrogens with zero attached hydrogens (tertiary/aromatic N) is 2. The van der Waals surface area contributed by atoms with E-state index >= 15 is 0 Å². The lowest BCUT2D eigenvalue weighted by Gasteiger charge is -2.31. The summed E-state index contributed by atoms with van der Waals surface area (Å²) in [5, 5.41) is 0. The molecule has 0 bridgehead atoms. The zero-order valence-electron chi connectivity index (χ0n) is 17.4. The average molecular weight is 385 g/mol. The lowest BCUT2D eigenvalue weighted by Crippen LogP contribution is -2.38. The maximum atomic E-state index is 12.7. The molecule has 2 atom stereocenters. The quantitative estimate of drug-likeness (QED) is 0.645. The van der Waals surface area contributed by atoms with Gasteiger partial charge in [-0.05, 0) is 68.2 Å². The van der Waals surface area contributed by atoms with E-state index in [4.69, 9.17) is 4.74 Å². The summed E-state index contributed by atoms with van der Waals surface area (Å²) in [4.78, 5) is 17.3. The molecule has 4 heteroatoms. The first kappa shape index (κ1) is 19.8. The summed E-state index contributed by atoms with van der Waals surface area (Å²) in [7, 11) is 1.95. The van der Waals surface area contributed by atoms with Crippen LogP contribution in [0.25, 0.3) is 0 Å². The molecule has 1 aliphatic heterocycles. The van der Waals surface area contributed by atoms with E-state index in [2.05, 4.69) is 4.90 Å². The fourth-order valence-corrected chi connectivity index (χ4v) is 5.52. The molecule has 2 saturated carbocycles. The van der Waals surface area contributed by atoms with Gasteiger partial charge in [0.2, 0.25) is 0 Å². The van der Waals surface area contributed by atoms with Gasteiger partial charge in [0, 0.05) is 38.3 Å². The van der Waals surface area contributed by atoms with Crippen LogP contribution in [0, 0.1) is 11.8 Å². The Morgan fingerprint density at radius 3 is 2.36 bits per heavy atom. The van der Waals surface area contributed by atoms with Crippen molar-refractivity contribution in [3.8, 4) is 5.75 Å². The van der Waals surface area contributed by atoms with Crippen LogP contribution < -0.4 is 4.74 Å². The molecule has 2 aliphatic carbocycles.